The van der Waals surface area contributed by atoms with Gasteiger partial charge in [0.1, 0.15) is 12.3 Å². The number of hydrogen-bond acceptors (Lipinski definition) is 3. The molecule has 0 aromatic heterocycles. The monoisotopic (exact) mass is 366 g/mol. The molecular weight excluding hydrogens is 336 g/mol. The van der Waals surface area contributed by atoms with Crippen molar-refractivity contribution in [1.29, 1.82) is 0 Å². The summed E-state index contributed by atoms with van der Waals surface area (Å²) in [4.78, 5) is 26.9. The van der Waals surface area contributed by atoms with Gasteiger partial charge in [0.2, 0.25) is 0 Å². The van der Waals surface area contributed by atoms with E-state index in [1.54, 1.807) is 4.90 Å². The van der Waals surface area contributed by atoms with Crippen LogP contribution in [0, 0.1) is 6.92 Å². The van der Waals surface area contributed by atoms with Gasteiger partial charge in [-0.05, 0) is 63.3 Å². The molecule has 0 heterocycles. The van der Waals surface area contributed by atoms with Gasteiger partial charge in [-0.1, -0.05) is 48.6 Å². The zero-order valence-electron chi connectivity index (χ0n) is 16.6. The van der Waals surface area contributed by atoms with Crippen molar-refractivity contribution in [3.8, 4) is 0 Å². The molecule has 2 aliphatic rings. The molecule has 0 saturated carbocycles. The molecule has 0 fully saturated rings. The first-order chi connectivity index (χ1) is 13.0. The molecule has 1 unspecified atom stereocenters. The van der Waals surface area contributed by atoms with Gasteiger partial charge < -0.3 is 15.4 Å². The number of carbonyl (C=O) groups excluding carboxylic acids is 2. The maximum Gasteiger partial charge on any atom is 0.254 e. The first-order valence-electron chi connectivity index (χ1n) is 9.50. The summed E-state index contributed by atoms with van der Waals surface area (Å²) in [5.74, 6) is -0.0737. The van der Waals surface area contributed by atoms with Crippen molar-refractivity contribution >= 4 is 12.2 Å². The Morgan fingerprint density at radius 3 is 2.67 bits per heavy atom. The van der Waals surface area contributed by atoms with Crippen molar-refractivity contribution in [1.82, 2.24) is 4.90 Å². The van der Waals surface area contributed by atoms with E-state index in [9.17, 15) is 9.59 Å². The maximum absolute atomic E-state index is 13.3. The van der Waals surface area contributed by atoms with Crippen LogP contribution in [0.1, 0.15) is 48.9 Å². The van der Waals surface area contributed by atoms with E-state index in [1.165, 1.54) is 23.7 Å². The number of carbonyl (C=O) groups is 2. The van der Waals surface area contributed by atoms with Gasteiger partial charge in [-0.15, -0.1) is 0 Å². The van der Waals surface area contributed by atoms with Crippen molar-refractivity contribution < 1.29 is 9.59 Å². The number of benzene rings is 1. The summed E-state index contributed by atoms with van der Waals surface area (Å²) in [6.45, 7) is 7.88. The number of aldehydes is 1. The number of nitrogens with two attached hydrogens (primary N) is 1. The van der Waals surface area contributed by atoms with Crippen LogP contribution in [0.4, 0.5) is 0 Å². The molecule has 0 saturated heterocycles. The number of aryl methyl sites for hydroxylation is 1. The third kappa shape index (κ3) is 4.28. The van der Waals surface area contributed by atoms with Crippen LogP contribution in [0.2, 0.25) is 0 Å². The Labute approximate surface area is 162 Å². The number of allylic oxidation sites excluding steroid dienone is 2. The summed E-state index contributed by atoms with van der Waals surface area (Å²) in [7, 11) is 1.50. The minimum Gasteiger partial charge on any atom is -0.333 e. The minimum absolute atomic E-state index is 0.0737. The lowest BCUT2D eigenvalue weighted by Crippen LogP contribution is -2.44. The van der Waals surface area contributed by atoms with Crippen LogP contribution in [-0.2, 0) is 16.0 Å². The largest absolute Gasteiger partial charge is 0.333 e. The van der Waals surface area contributed by atoms with E-state index in [0.717, 1.165) is 32.0 Å². The smallest absolute Gasteiger partial charge is 0.254 e. The third-order valence-electron chi connectivity index (χ3n) is 5.22. The van der Waals surface area contributed by atoms with E-state index < -0.39 is 6.04 Å². The summed E-state index contributed by atoms with van der Waals surface area (Å²) in [5.41, 5.74) is 9.61. The molecule has 3 rings (SSSR count). The first-order valence-corrected chi connectivity index (χ1v) is 9.50. The van der Waals surface area contributed by atoms with Crippen LogP contribution < -0.4 is 5.73 Å². The molecule has 2 aliphatic carbocycles. The fourth-order valence-electron chi connectivity index (χ4n) is 3.91. The Bertz CT molecular complexity index is 777. The van der Waals surface area contributed by atoms with Crippen molar-refractivity contribution in [3.05, 3.63) is 70.8 Å². The lowest BCUT2D eigenvalue weighted by Gasteiger charge is -2.35. The molecule has 2 N–H and O–H groups in total. The summed E-state index contributed by atoms with van der Waals surface area (Å²) >= 11 is 0. The second-order valence-corrected chi connectivity index (χ2v) is 6.98. The van der Waals surface area contributed by atoms with Gasteiger partial charge in [-0.25, -0.2) is 0 Å². The van der Waals surface area contributed by atoms with Crippen molar-refractivity contribution in [3.63, 3.8) is 0 Å². The molecule has 0 bridgehead atoms. The predicted octanol–water partition coefficient (Wildman–Crippen LogP) is 3.81. The van der Waals surface area contributed by atoms with E-state index in [2.05, 4.69) is 31.4 Å². The highest BCUT2D eigenvalue weighted by atomic mass is 16.2. The van der Waals surface area contributed by atoms with Crippen LogP contribution in [0.25, 0.3) is 0 Å². The molecule has 27 heavy (non-hydrogen) atoms. The fraction of sp³-hybridized carbons (Fsp3) is 0.391. The molecular formula is C23H30N2O2. The third-order valence-corrected chi connectivity index (χ3v) is 5.22. The van der Waals surface area contributed by atoms with Crippen molar-refractivity contribution in [2.75, 3.05) is 7.05 Å². The Hall–Kier alpha value is -2.46. The average molecular weight is 367 g/mol. The number of rotatable bonds is 5. The van der Waals surface area contributed by atoms with Gasteiger partial charge in [0.05, 0.1) is 6.04 Å². The van der Waals surface area contributed by atoms with E-state index >= 15 is 0 Å². The lowest BCUT2D eigenvalue weighted by atomic mass is 9.98. The van der Waals surface area contributed by atoms with Gasteiger partial charge in [0.25, 0.3) is 5.91 Å². The van der Waals surface area contributed by atoms with E-state index in [1.807, 2.05) is 31.2 Å². The predicted molar refractivity (Wildman–Crippen MR) is 110 cm³/mol. The molecule has 1 aromatic carbocycles. The van der Waals surface area contributed by atoms with E-state index in [-0.39, 0.29) is 11.9 Å². The maximum atomic E-state index is 13.3. The van der Waals surface area contributed by atoms with Gasteiger partial charge >= 0.3 is 0 Å². The van der Waals surface area contributed by atoms with Crippen LogP contribution in [0.3, 0.4) is 0 Å². The highest BCUT2D eigenvalue weighted by molar-refractivity contribution is 5.98. The van der Waals surface area contributed by atoms with Crippen molar-refractivity contribution in [2.45, 2.75) is 51.6 Å². The normalized spacial score (nSPS) is 18.5. The van der Waals surface area contributed by atoms with Crippen LogP contribution in [-0.4, -0.2) is 30.2 Å². The summed E-state index contributed by atoms with van der Waals surface area (Å²) in [5, 5.41) is 0. The van der Waals surface area contributed by atoms with Gasteiger partial charge in [-0.2, -0.15) is 0 Å². The Balaban J connectivity index is 0.00000126. The van der Waals surface area contributed by atoms with Crippen LogP contribution in [0.5, 0.6) is 0 Å². The molecule has 0 aliphatic heterocycles. The Morgan fingerprint density at radius 2 is 2.07 bits per heavy atom. The molecule has 144 valence electrons. The SMILES string of the molecule is C=C(C)[C@H](C=O)N(C(=O)C1=CCCC=C1)C1CCc2c(C)cccc21.CN. The number of hydrogen-bond donors (Lipinski definition) is 1. The first kappa shape index (κ1) is 20.8. The molecule has 1 aromatic rings. The number of fused-ring (bicyclic) bond motifs is 1. The topological polar surface area (TPSA) is 63.4 Å². The molecule has 0 radical (unpaired) electrons. The highest BCUT2D eigenvalue weighted by Gasteiger charge is 2.37. The highest BCUT2D eigenvalue weighted by Crippen LogP contribution is 2.39. The van der Waals surface area contributed by atoms with E-state index in [4.69, 9.17) is 0 Å². The van der Waals surface area contributed by atoms with Crippen LogP contribution >= 0.6 is 0 Å². The number of amides is 1. The van der Waals surface area contributed by atoms with Crippen LogP contribution in [0.15, 0.2) is 54.2 Å². The molecule has 0 spiro atoms. The van der Waals surface area contributed by atoms with Gasteiger partial charge in [0.15, 0.2) is 0 Å². The molecule has 1 amide bonds. The molecule has 4 heteroatoms. The summed E-state index contributed by atoms with van der Waals surface area (Å²) in [6, 6.07) is 5.55. The van der Waals surface area contributed by atoms with Gasteiger partial charge in [0, 0.05) is 5.57 Å². The number of nitrogens with zero attached hydrogens (tertiary/aromatic N) is 1. The summed E-state index contributed by atoms with van der Waals surface area (Å²) < 4.78 is 0. The minimum atomic E-state index is -0.597. The van der Waals surface area contributed by atoms with Crippen molar-refractivity contribution in [2.24, 2.45) is 5.73 Å². The lowest BCUT2D eigenvalue weighted by molar-refractivity contribution is -0.134. The zero-order chi connectivity index (χ0) is 20.0. The fourth-order valence-corrected chi connectivity index (χ4v) is 3.91. The average Bonchev–Trinajstić information content (AvgIpc) is 3.12. The van der Waals surface area contributed by atoms with E-state index in [0.29, 0.717) is 11.1 Å². The second-order valence-electron chi connectivity index (χ2n) is 6.98. The zero-order valence-corrected chi connectivity index (χ0v) is 16.6. The Morgan fingerprint density at radius 1 is 1.33 bits per heavy atom. The summed E-state index contributed by atoms with van der Waals surface area (Å²) in [6.07, 6.45) is 10.3. The Kier molecular flexibility index (Phi) is 7.31. The second kappa shape index (κ2) is 9.47. The van der Waals surface area contributed by atoms with Gasteiger partial charge in [-0.3, -0.25) is 4.79 Å². The quantitative estimate of drug-likeness (QED) is 0.637. The standard InChI is InChI=1S/C22H25NO2.CH5N/c1-15(2)21(14-24)23(22(25)17-9-5-4-6-10-17)20-13-12-18-16(3)8-7-11-19(18)20;1-2/h5,7-11,14,20-21H,1,4,6,12-13H2,2-3H3;2H2,1H3/t20?,21-;/m0./s1. The molecule has 2 atom stereocenters. The molecule has 4 nitrogen and oxygen atoms in total.